The molecule has 194 valence electrons. The number of sulfonamides is 1. The van der Waals surface area contributed by atoms with Crippen molar-refractivity contribution < 1.29 is 22.7 Å². The molecule has 3 aromatic rings. The van der Waals surface area contributed by atoms with Crippen LogP contribution >= 0.6 is 11.3 Å². The third-order valence-electron chi connectivity index (χ3n) is 5.76. The lowest BCUT2D eigenvalue weighted by Gasteiger charge is -2.20. The van der Waals surface area contributed by atoms with E-state index in [0.29, 0.717) is 17.9 Å². The van der Waals surface area contributed by atoms with Gasteiger partial charge >= 0.3 is 5.97 Å². The molecular formula is C26H33N3O5S2. The van der Waals surface area contributed by atoms with Crippen LogP contribution in [-0.4, -0.2) is 48.9 Å². The predicted molar refractivity (Wildman–Crippen MR) is 142 cm³/mol. The van der Waals surface area contributed by atoms with Crippen molar-refractivity contribution in [2.45, 2.75) is 58.9 Å². The highest BCUT2D eigenvalue weighted by atomic mass is 32.2. The molecular weight excluding hydrogens is 498 g/mol. The van der Waals surface area contributed by atoms with Gasteiger partial charge in [-0.15, -0.1) is 0 Å². The Morgan fingerprint density at radius 2 is 1.78 bits per heavy atom. The maximum Gasteiger partial charge on any atom is 0.326 e. The van der Waals surface area contributed by atoms with E-state index < -0.39 is 21.9 Å². The van der Waals surface area contributed by atoms with Crippen molar-refractivity contribution in [3.05, 3.63) is 57.9 Å². The number of aromatic nitrogens is 1. The van der Waals surface area contributed by atoms with Gasteiger partial charge in [-0.2, -0.15) is 9.30 Å². The number of ether oxygens (including phenoxy) is 1. The van der Waals surface area contributed by atoms with Crippen LogP contribution < -0.4 is 4.80 Å². The number of rotatable bonds is 10. The summed E-state index contributed by atoms with van der Waals surface area (Å²) in [5.41, 5.74) is 3.13. The number of benzene rings is 2. The Morgan fingerprint density at radius 3 is 2.39 bits per heavy atom. The molecule has 0 bridgehead atoms. The Labute approximate surface area is 216 Å². The van der Waals surface area contributed by atoms with Gasteiger partial charge < -0.3 is 9.30 Å². The monoisotopic (exact) mass is 531 g/mol. The first-order chi connectivity index (χ1) is 17.1. The molecule has 1 heterocycles. The van der Waals surface area contributed by atoms with Crippen LogP contribution in [0.4, 0.5) is 0 Å². The minimum atomic E-state index is -3.64. The van der Waals surface area contributed by atoms with Gasteiger partial charge in [0.05, 0.1) is 21.7 Å². The molecule has 0 unspecified atom stereocenters. The molecule has 0 N–H and O–H groups in total. The van der Waals surface area contributed by atoms with Crippen molar-refractivity contribution in [1.82, 2.24) is 8.87 Å². The van der Waals surface area contributed by atoms with Crippen LogP contribution in [0, 0.1) is 13.8 Å². The summed E-state index contributed by atoms with van der Waals surface area (Å²) >= 11 is 1.33. The Hall–Kier alpha value is -2.82. The number of carbonyl (C=O) groups is 2. The topological polar surface area (TPSA) is 98.0 Å². The average molecular weight is 532 g/mol. The molecule has 0 aliphatic heterocycles. The number of unbranched alkanes of at least 4 members (excludes halogenated alkanes) is 1. The maximum absolute atomic E-state index is 13.0. The van der Waals surface area contributed by atoms with Crippen molar-refractivity contribution >= 4 is 43.5 Å². The van der Waals surface area contributed by atoms with Crippen molar-refractivity contribution in [2.75, 3.05) is 19.7 Å². The van der Waals surface area contributed by atoms with Crippen LogP contribution in [0.1, 0.15) is 55.1 Å². The van der Waals surface area contributed by atoms with E-state index in [1.54, 1.807) is 11.5 Å². The van der Waals surface area contributed by atoms with Crippen LogP contribution in [0.3, 0.4) is 0 Å². The van der Waals surface area contributed by atoms with Gasteiger partial charge in [-0.25, -0.2) is 8.42 Å². The molecule has 0 aliphatic rings. The van der Waals surface area contributed by atoms with Gasteiger partial charge in [0, 0.05) is 18.7 Å². The van der Waals surface area contributed by atoms with Crippen molar-refractivity contribution in [3.8, 4) is 0 Å². The van der Waals surface area contributed by atoms with Gasteiger partial charge in [-0.1, -0.05) is 37.7 Å². The van der Waals surface area contributed by atoms with Crippen LogP contribution in [0.2, 0.25) is 0 Å². The standard InChI is InChI=1S/C26H33N3O5S2/c1-6-9-14-28(7-2)36(32,33)21-12-10-20(11-13-21)25(31)27-26-29(17-23(30)34-8-3)22-16-18(4)15-19(5)24(22)35-26/h10-13,15-16H,6-9,14,17H2,1-5H3. The van der Waals surface area contributed by atoms with E-state index in [-0.39, 0.29) is 23.6 Å². The molecule has 2 aromatic carbocycles. The molecule has 0 aliphatic carbocycles. The number of hydrogen-bond donors (Lipinski definition) is 0. The first kappa shape index (κ1) is 27.8. The number of aryl methyl sites for hydroxylation is 2. The second-order valence-electron chi connectivity index (χ2n) is 8.50. The lowest BCUT2D eigenvalue weighted by molar-refractivity contribution is -0.143. The Bertz CT molecular complexity index is 1420. The lowest BCUT2D eigenvalue weighted by Crippen LogP contribution is -2.31. The Kier molecular flexibility index (Phi) is 9.21. The molecule has 10 heteroatoms. The van der Waals surface area contributed by atoms with Crippen LogP contribution in [0.25, 0.3) is 10.2 Å². The molecule has 1 aromatic heterocycles. The summed E-state index contributed by atoms with van der Waals surface area (Å²) in [5, 5.41) is 0. The lowest BCUT2D eigenvalue weighted by atomic mass is 10.1. The minimum absolute atomic E-state index is 0.0648. The zero-order chi connectivity index (χ0) is 26.5. The summed E-state index contributed by atoms with van der Waals surface area (Å²) in [6.45, 7) is 10.5. The van der Waals surface area contributed by atoms with E-state index in [9.17, 15) is 18.0 Å². The number of hydrogen-bond acceptors (Lipinski definition) is 6. The van der Waals surface area contributed by atoms with E-state index in [0.717, 1.165) is 34.2 Å². The number of thiazole rings is 1. The minimum Gasteiger partial charge on any atom is -0.465 e. The molecule has 0 atom stereocenters. The molecule has 0 spiro atoms. The summed E-state index contributed by atoms with van der Waals surface area (Å²) in [6.07, 6.45) is 1.68. The predicted octanol–water partition coefficient (Wildman–Crippen LogP) is 4.43. The fourth-order valence-corrected chi connectivity index (χ4v) is 6.50. The number of fused-ring (bicyclic) bond motifs is 1. The van der Waals surface area contributed by atoms with Crippen LogP contribution in [-0.2, 0) is 26.1 Å². The van der Waals surface area contributed by atoms with Gasteiger partial charge in [0.1, 0.15) is 6.54 Å². The zero-order valence-electron chi connectivity index (χ0n) is 21.4. The average Bonchev–Trinajstić information content (AvgIpc) is 3.16. The molecule has 0 fully saturated rings. The van der Waals surface area contributed by atoms with E-state index in [1.807, 2.05) is 39.8 Å². The van der Waals surface area contributed by atoms with Crippen LogP contribution in [0.5, 0.6) is 0 Å². The quantitative estimate of drug-likeness (QED) is 0.361. The Morgan fingerprint density at radius 1 is 1.08 bits per heavy atom. The van der Waals surface area contributed by atoms with E-state index in [4.69, 9.17) is 4.74 Å². The largest absolute Gasteiger partial charge is 0.465 e. The first-order valence-electron chi connectivity index (χ1n) is 12.1. The van der Waals surface area contributed by atoms with Gasteiger partial charge in [0.2, 0.25) is 10.0 Å². The summed E-state index contributed by atoms with van der Waals surface area (Å²) < 4.78 is 35.1. The summed E-state index contributed by atoms with van der Waals surface area (Å²) in [6, 6.07) is 9.84. The molecule has 0 saturated heterocycles. The highest BCUT2D eigenvalue weighted by Crippen LogP contribution is 2.24. The van der Waals surface area contributed by atoms with Crippen molar-refractivity contribution in [1.29, 1.82) is 0 Å². The third-order valence-corrected chi connectivity index (χ3v) is 8.97. The number of nitrogens with zero attached hydrogens (tertiary/aromatic N) is 3. The Balaban J connectivity index is 1.99. The molecule has 3 rings (SSSR count). The van der Waals surface area contributed by atoms with E-state index in [1.165, 1.54) is 39.9 Å². The highest BCUT2D eigenvalue weighted by Gasteiger charge is 2.23. The van der Waals surface area contributed by atoms with Crippen LogP contribution in [0.15, 0.2) is 46.3 Å². The van der Waals surface area contributed by atoms with Crippen molar-refractivity contribution in [3.63, 3.8) is 0 Å². The molecule has 8 nitrogen and oxygen atoms in total. The van der Waals surface area contributed by atoms with Gasteiger partial charge in [0.25, 0.3) is 5.91 Å². The second kappa shape index (κ2) is 11.9. The maximum atomic E-state index is 13.0. The SMILES string of the molecule is CCCCN(CC)S(=O)(=O)c1ccc(C(=O)N=c2sc3c(C)cc(C)cc3n2CC(=O)OCC)cc1. The number of carbonyl (C=O) groups excluding carboxylic acids is 2. The number of amides is 1. The van der Waals surface area contributed by atoms with Crippen molar-refractivity contribution in [2.24, 2.45) is 4.99 Å². The smallest absolute Gasteiger partial charge is 0.326 e. The van der Waals surface area contributed by atoms with E-state index >= 15 is 0 Å². The van der Waals surface area contributed by atoms with Gasteiger partial charge in [0.15, 0.2) is 4.80 Å². The fourth-order valence-electron chi connectivity index (χ4n) is 3.94. The van der Waals surface area contributed by atoms with Gasteiger partial charge in [-0.3, -0.25) is 9.59 Å². The second-order valence-corrected chi connectivity index (χ2v) is 11.4. The summed E-state index contributed by atoms with van der Waals surface area (Å²) in [5.74, 6) is -0.931. The first-order valence-corrected chi connectivity index (χ1v) is 14.3. The third kappa shape index (κ3) is 6.11. The molecule has 36 heavy (non-hydrogen) atoms. The van der Waals surface area contributed by atoms with Gasteiger partial charge in [-0.05, 0) is 68.7 Å². The fraction of sp³-hybridized carbons (Fsp3) is 0.423. The summed E-state index contributed by atoms with van der Waals surface area (Å²) in [4.78, 5) is 30.2. The van der Waals surface area contributed by atoms with E-state index in [2.05, 4.69) is 4.99 Å². The normalized spacial score (nSPS) is 12.4. The molecule has 1 amide bonds. The zero-order valence-corrected chi connectivity index (χ0v) is 23.0. The highest BCUT2D eigenvalue weighted by molar-refractivity contribution is 7.89. The molecule has 0 radical (unpaired) electrons. The number of esters is 1. The molecule has 0 saturated carbocycles. The summed E-state index contributed by atoms with van der Waals surface area (Å²) in [7, 11) is -3.64.